The lowest BCUT2D eigenvalue weighted by molar-refractivity contribution is -0.123. The Morgan fingerprint density at radius 3 is 1.36 bits per heavy atom. The van der Waals surface area contributed by atoms with Gasteiger partial charge in [-0.2, -0.15) is 0 Å². The maximum Gasteiger partial charge on any atom is 0.220 e. The van der Waals surface area contributed by atoms with Gasteiger partial charge in [0.25, 0.3) is 0 Å². The smallest absolute Gasteiger partial charge is 0.220 e. The van der Waals surface area contributed by atoms with E-state index in [2.05, 4.69) is 38.3 Å². The van der Waals surface area contributed by atoms with Gasteiger partial charge < -0.3 is 15.4 Å². The molecule has 0 heterocycles. The van der Waals surface area contributed by atoms with Crippen LogP contribution in [0.25, 0.3) is 0 Å². The van der Waals surface area contributed by atoms with Gasteiger partial charge in [-0.25, -0.2) is 0 Å². The van der Waals surface area contributed by atoms with E-state index in [4.69, 9.17) is 4.74 Å². The van der Waals surface area contributed by atoms with E-state index < -0.39 is 0 Å². The summed E-state index contributed by atoms with van der Waals surface area (Å²) < 4.78 is 5.89. The molecule has 0 aliphatic rings. The summed E-state index contributed by atoms with van der Waals surface area (Å²) in [5, 5.41) is 5.97. The summed E-state index contributed by atoms with van der Waals surface area (Å²) in [6.07, 6.45) is 1.11. The fraction of sp³-hybridized carbons (Fsp3) is 0.900. The molecular formula is C20H40N2O3. The highest BCUT2D eigenvalue weighted by atomic mass is 16.5. The van der Waals surface area contributed by atoms with E-state index in [1.807, 2.05) is 27.7 Å². The molecule has 0 radical (unpaired) electrons. The van der Waals surface area contributed by atoms with Gasteiger partial charge in [0, 0.05) is 36.8 Å². The topological polar surface area (TPSA) is 67.4 Å². The minimum atomic E-state index is -0.121. The number of hydrogen-bond donors (Lipinski definition) is 2. The van der Waals surface area contributed by atoms with Crippen molar-refractivity contribution in [3.05, 3.63) is 0 Å². The average molecular weight is 357 g/mol. The SMILES string of the molecule is CC(C)CC(=O)NCC(C)(C)COCC(C)(C)CNC(=O)CC(C)C. The fourth-order valence-electron chi connectivity index (χ4n) is 2.27. The molecule has 0 aliphatic heterocycles. The maximum absolute atomic E-state index is 11.8. The van der Waals surface area contributed by atoms with Crippen molar-refractivity contribution in [3.63, 3.8) is 0 Å². The maximum atomic E-state index is 11.8. The van der Waals surface area contributed by atoms with Crippen LogP contribution in [0.1, 0.15) is 68.2 Å². The van der Waals surface area contributed by atoms with Crippen LogP contribution in [0.2, 0.25) is 0 Å². The van der Waals surface area contributed by atoms with Gasteiger partial charge in [-0.3, -0.25) is 9.59 Å². The van der Waals surface area contributed by atoms with Crippen LogP contribution in [0.4, 0.5) is 0 Å². The van der Waals surface area contributed by atoms with E-state index in [0.29, 0.717) is 51.0 Å². The molecular weight excluding hydrogens is 316 g/mol. The molecule has 0 aromatic carbocycles. The summed E-state index contributed by atoms with van der Waals surface area (Å²) in [6, 6.07) is 0. The fourth-order valence-corrected chi connectivity index (χ4v) is 2.27. The van der Waals surface area contributed by atoms with Crippen LogP contribution >= 0.6 is 0 Å². The van der Waals surface area contributed by atoms with Gasteiger partial charge in [-0.15, -0.1) is 0 Å². The van der Waals surface area contributed by atoms with Crippen molar-refractivity contribution in [3.8, 4) is 0 Å². The molecule has 0 saturated heterocycles. The number of carbonyl (C=O) groups excluding carboxylic acids is 2. The summed E-state index contributed by atoms with van der Waals surface area (Å²) >= 11 is 0. The molecule has 0 fully saturated rings. The molecule has 148 valence electrons. The molecule has 0 aromatic heterocycles. The monoisotopic (exact) mass is 356 g/mol. The highest BCUT2D eigenvalue weighted by molar-refractivity contribution is 5.76. The molecule has 5 nitrogen and oxygen atoms in total. The first-order chi connectivity index (χ1) is 11.3. The van der Waals surface area contributed by atoms with Crippen molar-refractivity contribution < 1.29 is 14.3 Å². The lowest BCUT2D eigenvalue weighted by atomic mass is 9.92. The predicted octanol–water partition coefficient (Wildman–Crippen LogP) is 3.38. The van der Waals surface area contributed by atoms with Crippen molar-refractivity contribution in [2.24, 2.45) is 22.7 Å². The second kappa shape index (κ2) is 10.8. The van der Waals surface area contributed by atoms with Crippen LogP contribution in [0.5, 0.6) is 0 Å². The lowest BCUT2D eigenvalue weighted by Crippen LogP contribution is -2.40. The lowest BCUT2D eigenvalue weighted by Gasteiger charge is -2.29. The van der Waals surface area contributed by atoms with Crippen LogP contribution in [-0.2, 0) is 14.3 Å². The molecule has 0 bridgehead atoms. The summed E-state index contributed by atoms with van der Waals surface area (Å²) in [6.45, 7) is 18.8. The van der Waals surface area contributed by atoms with Gasteiger partial charge in [0.2, 0.25) is 11.8 Å². The molecule has 25 heavy (non-hydrogen) atoms. The van der Waals surface area contributed by atoms with Crippen LogP contribution in [-0.4, -0.2) is 38.1 Å². The Hall–Kier alpha value is -1.10. The molecule has 2 amide bonds. The molecule has 0 saturated carbocycles. The molecule has 5 heteroatoms. The third-order valence-electron chi connectivity index (χ3n) is 3.70. The Kier molecular flexibility index (Phi) is 10.3. The number of carbonyl (C=O) groups is 2. The van der Waals surface area contributed by atoms with E-state index in [1.54, 1.807) is 0 Å². The molecule has 0 rings (SSSR count). The normalized spacial score (nSPS) is 12.6. The number of ether oxygens (including phenoxy) is 1. The second-order valence-electron chi connectivity index (χ2n) is 9.57. The van der Waals surface area contributed by atoms with Crippen molar-refractivity contribution in [1.82, 2.24) is 10.6 Å². The van der Waals surface area contributed by atoms with Crippen molar-refractivity contribution in [1.29, 1.82) is 0 Å². The third-order valence-corrected chi connectivity index (χ3v) is 3.70. The second-order valence-corrected chi connectivity index (χ2v) is 9.57. The van der Waals surface area contributed by atoms with Gasteiger partial charge >= 0.3 is 0 Å². The summed E-state index contributed by atoms with van der Waals surface area (Å²) in [4.78, 5) is 23.5. The summed E-state index contributed by atoms with van der Waals surface area (Å²) in [5.41, 5.74) is -0.243. The molecule has 0 unspecified atom stereocenters. The minimum absolute atomic E-state index is 0.0938. The quantitative estimate of drug-likeness (QED) is 0.563. The average Bonchev–Trinajstić information content (AvgIpc) is 2.41. The van der Waals surface area contributed by atoms with Gasteiger partial charge in [0.1, 0.15) is 0 Å². The molecule has 2 N–H and O–H groups in total. The first kappa shape index (κ1) is 23.9. The number of amides is 2. The van der Waals surface area contributed by atoms with Crippen LogP contribution in [0.15, 0.2) is 0 Å². The summed E-state index contributed by atoms with van der Waals surface area (Å²) in [5.74, 6) is 0.921. The zero-order chi connectivity index (χ0) is 19.7. The molecule has 0 atom stereocenters. The van der Waals surface area contributed by atoms with Crippen LogP contribution < -0.4 is 10.6 Å². The molecule has 0 aliphatic carbocycles. The van der Waals surface area contributed by atoms with E-state index in [1.165, 1.54) is 0 Å². The third kappa shape index (κ3) is 13.8. The van der Waals surface area contributed by atoms with E-state index in [9.17, 15) is 9.59 Å². The Balaban J connectivity index is 4.11. The van der Waals surface area contributed by atoms with E-state index >= 15 is 0 Å². The number of nitrogens with one attached hydrogen (secondary N) is 2. The number of hydrogen-bond acceptors (Lipinski definition) is 3. The Morgan fingerprint density at radius 1 is 0.760 bits per heavy atom. The largest absolute Gasteiger partial charge is 0.380 e. The van der Waals surface area contributed by atoms with Crippen LogP contribution in [0, 0.1) is 22.7 Å². The first-order valence-corrected chi connectivity index (χ1v) is 9.44. The Morgan fingerprint density at radius 2 is 1.08 bits per heavy atom. The molecule has 0 aromatic rings. The minimum Gasteiger partial charge on any atom is -0.380 e. The van der Waals surface area contributed by atoms with Gasteiger partial charge in [-0.05, 0) is 11.8 Å². The van der Waals surface area contributed by atoms with Gasteiger partial charge in [0.05, 0.1) is 13.2 Å². The number of rotatable bonds is 12. The standard InChI is InChI=1S/C20H40N2O3/c1-15(2)9-17(23)21-11-19(5,6)13-25-14-20(7,8)12-22-18(24)10-16(3)4/h15-16H,9-14H2,1-8H3,(H,21,23)(H,22,24). The predicted molar refractivity (Wildman–Crippen MR) is 103 cm³/mol. The molecule has 0 spiro atoms. The summed E-state index contributed by atoms with van der Waals surface area (Å²) in [7, 11) is 0. The van der Waals surface area contributed by atoms with Gasteiger partial charge in [0.15, 0.2) is 0 Å². The highest BCUT2D eigenvalue weighted by Gasteiger charge is 2.24. The van der Waals surface area contributed by atoms with E-state index in [0.717, 1.165) is 0 Å². The van der Waals surface area contributed by atoms with Gasteiger partial charge in [-0.1, -0.05) is 55.4 Å². The zero-order valence-electron chi connectivity index (χ0n) is 17.6. The van der Waals surface area contributed by atoms with Crippen molar-refractivity contribution >= 4 is 11.8 Å². The first-order valence-electron chi connectivity index (χ1n) is 9.44. The Labute approximate surface area is 154 Å². The van der Waals surface area contributed by atoms with Crippen LogP contribution in [0.3, 0.4) is 0 Å². The Bertz CT molecular complexity index is 377. The highest BCUT2D eigenvalue weighted by Crippen LogP contribution is 2.19. The van der Waals surface area contributed by atoms with E-state index in [-0.39, 0.29) is 22.6 Å². The van der Waals surface area contributed by atoms with Crippen molar-refractivity contribution in [2.75, 3.05) is 26.3 Å². The zero-order valence-corrected chi connectivity index (χ0v) is 17.6. The van der Waals surface area contributed by atoms with Crippen molar-refractivity contribution in [2.45, 2.75) is 68.2 Å².